The minimum absolute atomic E-state index is 0.0154. The van der Waals surface area contributed by atoms with Crippen LogP contribution < -0.4 is 5.32 Å². The maximum absolute atomic E-state index is 12.9. The summed E-state index contributed by atoms with van der Waals surface area (Å²) in [5.74, 6) is -0.257. The maximum atomic E-state index is 12.9. The Labute approximate surface area is 168 Å². The molecule has 4 rings (SSSR count). The van der Waals surface area contributed by atoms with Crippen LogP contribution in [0.15, 0.2) is 36.8 Å². The molecule has 0 atom stereocenters. The number of piperidine rings is 1. The van der Waals surface area contributed by atoms with Gasteiger partial charge in [-0.15, -0.1) is 0 Å². The molecule has 0 spiro atoms. The topological polar surface area (TPSA) is 101 Å². The lowest BCUT2D eigenvalue weighted by Crippen LogP contribution is -2.46. The van der Waals surface area contributed by atoms with Gasteiger partial charge in [0.25, 0.3) is 11.8 Å². The molecule has 8 nitrogen and oxygen atoms in total. The average molecular weight is 390 g/mol. The van der Waals surface area contributed by atoms with Crippen molar-refractivity contribution in [1.82, 2.24) is 30.2 Å². The van der Waals surface area contributed by atoms with Gasteiger partial charge in [0.15, 0.2) is 0 Å². The van der Waals surface area contributed by atoms with Crippen molar-refractivity contribution in [1.29, 1.82) is 0 Å². The minimum Gasteiger partial charge on any atom is -0.348 e. The first-order chi connectivity index (χ1) is 14.0. The second kappa shape index (κ2) is 7.90. The molecule has 1 N–H and O–H groups in total. The summed E-state index contributed by atoms with van der Waals surface area (Å²) in [4.78, 5) is 43.9. The first-order valence-corrected chi connectivity index (χ1v) is 9.62. The Balaban J connectivity index is 1.39. The second-order valence-electron chi connectivity index (χ2n) is 7.23. The van der Waals surface area contributed by atoms with Gasteiger partial charge in [-0.05, 0) is 44.9 Å². The smallest absolute Gasteiger partial charge is 0.271 e. The number of nitrogens with zero attached hydrogens (tertiary/aromatic N) is 5. The van der Waals surface area contributed by atoms with Gasteiger partial charge in [0, 0.05) is 37.1 Å². The minimum atomic E-state index is -0.235. The number of hydrogen-bond donors (Lipinski definition) is 1. The number of carbonyl (C=O) groups is 2. The van der Waals surface area contributed by atoms with Crippen LogP contribution in [0.25, 0.3) is 11.0 Å². The lowest BCUT2D eigenvalue weighted by atomic mass is 10.0. The summed E-state index contributed by atoms with van der Waals surface area (Å²) in [6.07, 6.45) is 5.86. The third-order valence-electron chi connectivity index (χ3n) is 5.24. The molecule has 8 heteroatoms. The Bertz CT molecular complexity index is 1060. The molecule has 0 saturated carbocycles. The highest BCUT2D eigenvalue weighted by molar-refractivity contribution is 5.97. The molecular weight excluding hydrogens is 368 g/mol. The van der Waals surface area contributed by atoms with Gasteiger partial charge in [0.05, 0.1) is 28.6 Å². The zero-order chi connectivity index (χ0) is 20.4. The Morgan fingerprint density at radius 1 is 1.03 bits per heavy atom. The average Bonchev–Trinajstić information content (AvgIpc) is 2.75. The lowest BCUT2D eigenvalue weighted by molar-refractivity contribution is 0.0698. The van der Waals surface area contributed by atoms with Crippen LogP contribution in [-0.2, 0) is 0 Å². The summed E-state index contributed by atoms with van der Waals surface area (Å²) < 4.78 is 0. The van der Waals surface area contributed by atoms with Crippen LogP contribution in [0.4, 0.5) is 0 Å². The predicted molar refractivity (Wildman–Crippen MR) is 107 cm³/mol. The van der Waals surface area contributed by atoms with Crippen molar-refractivity contribution < 1.29 is 9.59 Å². The zero-order valence-electron chi connectivity index (χ0n) is 16.4. The maximum Gasteiger partial charge on any atom is 0.271 e. The van der Waals surface area contributed by atoms with E-state index in [1.165, 1.54) is 18.6 Å². The lowest BCUT2D eigenvalue weighted by Gasteiger charge is -2.32. The summed E-state index contributed by atoms with van der Waals surface area (Å²) in [7, 11) is 0. The van der Waals surface area contributed by atoms with Crippen molar-refractivity contribution in [2.45, 2.75) is 32.7 Å². The first-order valence-electron chi connectivity index (χ1n) is 9.62. The Kier molecular flexibility index (Phi) is 5.16. The van der Waals surface area contributed by atoms with Crippen LogP contribution in [0.3, 0.4) is 0 Å². The van der Waals surface area contributed by atoms with Crippen molar-refractivity contribution >= 4 is 22.8 Å². The third kappa shape index (κ3) is 4.06. The molecule has 29 heavy (non-hydrogen) atoms. The molecule has 1 fully saturated rings. The summed E-state index contributed by atoms with van der Waals surface area (Å²) in [6.45, 7) is 5.01. The van der Waals surface area contributed by atoms with Crippen LogP contribution in [0.1, 0.15) is 45.1 Å². The number of hydrogen-bond acceptors (Lipinski definition) is 6. The Morgan fingerprint density at radius 3 is 2.45 bits per heavy atom. The molecular formula is C21H22N6O2. The number of likely N-dealkylation sites (tertiary alicyclic amines) is 1. The van der Waals surface area contributed by atoms with E-state index < -0.39 is 0 Å². The molecule has 0 unspecified atom stereocenters. The van der Waals surface area contributed by atoms with Crippen molar-refractivity contribution in [3.8, 4) is 0 Å². The molecule has 0 radical (unpaired) electrons. The van der Waals surface area contributed by atoms with Crippen LogP contribution in [-0.4, -0.2) is 55.8 Å². The summed E-state index contributed by atoms with van der Waals surface area (Å²) in [5.41, 5.74) is 4.18. The van der Waals surface area contributed by atoms with E-state index in [4.69, 9.17) is 0 Å². The van der Waals surface area contributed by atoms with Gasteiger partial charge in [-0.25, -0.2) is 15.0 Å². The highest BCUT2D eigenvalue weighted by Gasteiger charge is 2.25. The van der Waals surface area contributed by atoms with Crippen molar-refractivity contribution in [2.75, 3.05) is 13.1 Å². The fraction of sp³-hybridized carbons (Fsp3) is 0.333. The van der Waals surface area contributed by atoms with Crippen LogP contribution in [0.2, 0.25) is 0 Å². The van der Waals surface area contributed by atoms with E-state index >= 15 is 0 Å². The van der Waals surface area contributed by atoms with Crippen molar-refractivity contribution in [3.05, 3.63) is 59.4 Å². The number of amides is 2. The molecule has 1 saturated heterocycles. The van der Waals surface area contributed by atoms with E-state index in [1.54, 1.807) is 12.1 Å². The van der Waals surface area contributed by atoms with E-state index in [9.17, 15) is 9.59 Å². The van der Waals surface area contributed by atoms with Gasteiger partial charge in [-0.1, -0.05) is 0 Å². The number of aryl methyl sites for hydroxylation is 2. The fourth-order valence-corrected chi connectivity index (χ4v) is 3.45. The van der Waals surface area contributed by atoms with E-state index in [-0.39, 0.29) is 17.9 Å². The first kappa shape index (κ1) is 18.9. The van der Waals surface area contributed by atoms with Gasteiger partial charge in [0.2, 0.25) is 0 Å². The zero-order valence-corrected chi connectivity index (χ0v) is 16.4. The molecule has 0 aliphatic carbocycles. The molecule has 2 amide bonds. The van der Waals surface area contributed by atoms with Crippen LogP contribution in [0.5, 0.6) is 0 Å². The summed E-state index contributed by atoms with van der Waals surface area (Å²) in [5, 5.41) is 2.97. The molecule has 1 aromatic carbocycles. The van der Waals surface area contributed by atoms with E-state index in [0.717, 1.165) is 22.4 Å². The number of fused-ring (bicyclic) bond motifs is 1. The quantitative estimate of drug-likeness (QED) is 0.735. The molecule has 1 aliphatic rings. The van der Waals surface area contributed by atoms with Gasteiger partial charge >= 0.3 is 0 Å². The van der Waals surface area contributed by atoms with Gasteiger partial charge in [0.1, 0.15) is 5.69 Å². The largest absolute Gasteiger partial charge is 0.348 e. The molecule has 148 valence electrons. The van der Waals surface area contributed by atoms with Crippen molar-refractivity contribution in [2.24, 2.45) is 0 Å². The number of rotatable bonds is 3. The summed E-state index contributed by atoms with van der Waals surface area (Å²) in [6, 6.07) is 5.46. The van der Waals surface area contributed by atoms with Gasteiger partial charge in [-0.2, -0.15) is 0 Å². The standard InChI is InChI=1S/C21H22N6O2/c1-13-14(2)25-18-11-15(3-4-17(18)24-13)21(29)27-9-5-16(6-10-27)26-20(28)19-12-22-7-8-23-19/h3-4,7-8,11-12,16H,5-6,9-10H2,1-2H3,(H,26,28). The second-order valence-corrected chi connectivity index (χ2v) is 7.23. The highest BCUT2D eigenvalue weighted by atomic mass is 16.2. The highest BCUT2D eigenvalue weighted by Crippen LogP contribution is 2.18. The van der Waals surface area contributed by atoms with E-state index in [0.29, 0.717) is 37.2 Å². The predicted octanol–water partition coefficient (Wildman–Crippen LogP) is 2.07. The van der Waals surface area contributed by atoms with Crippen LogP contribution >= 0.6 is 0 Å². The molecule has 1 aliphatic heterocycles. The normalized spacial score (nSPS) is 14.8. The SMILES string of the molecule is Cc1nc2ccc(C(=O)N3CCC(NC(=O)c4cnccn4)CC3)cc2nc1C. The summed E-state index contributed by atoms with van der Waals surface area (Å²) >= 11 is 0. The van der Waals surface area contributed by atoms with Crippen molar-refractivity contribution in [3.63, 3.8) is 0 Å². The number of benzene rings is 1. The number of carbonyl (C=O) groups excluding carboxylic acids is 2. The van der Waals surface area contributed by atoms with Gasteiger partial charge in [-0.3, -0.25) is 14.6 Å². The van der Waals surface area contributed by atoms with E-state index in [2.05, 4.69) is 25.3 Å². The van der Waals surface area contributed by atoms with Crippen LogP contribution in [0, 0.1) is 13.8 Å². The van der Waals surface area contributed by atoms with Gasteiger partial charge < -0.3 is 10.2 Å². The molecule has 0 bridgehead atoms. The fourth-order valence-electron chi connectivity index (χ4n) is 3.45. The molecule has 2 aromatic heterocycles. The number of nitrogens with one attached hydrogen (secondary N) is 1. The monoisotopic (exact) mass is 390 g/mol. The number of aromatic nitrogens is 4. The van der Waals surface area contributed by atoms with E-state index in [1.807, 2.05) is 24.8 Å². The Hall–Kier alpha value is -3.42. The third-order valence-corrected chi connectivity index (χ3v) is 5.24. The molecule has 3 aromatic rings. The molecule has 3 heterocycles. The Morgan fingerprint density at radius 2 is 1.76 bits per heavy atom.